The predicted octanol–water partition coefficient (Wildman–Crippen LogP) is 4.03. The lowest BCUT2D eigenvalue weighted by Crippen LogP contribution is -2.28. The molecule has 3 heterocycles. The van der Waals surface area contributed by atoms with Gasteiger partial charge in [-0.25, -0.2) is 4.98 Å². The molecule has 2 aliphatic rings. The second kappa shape index (κ2) is 7.11. The van der Waals surface area contributed by atoms with Crippen LogP contribution in [0.15, 0.2) is 24.3 Å². The number of fused-ring (bicyclic) bond motifs is 2. The van der Waals surface area contributed by atoms with E-state index in [1.54, 1.807) is 6.07 Å². The maximum Gasteiger partial charge on any atom is 0.306 e. The monoisotopic (exact) mass is 415 g/mol. The van der Waals surface area contributed by atoms with Gasteiger partial charge in [-0.3, -0.25) is 9.78 Å². The van der Waals surface area contributed by atoms with E-state index < -0.39 is 5.97 Å². The van der Waals surface area contributed by atoms with Crippen LogP contribution in [-0.2, 0) is 4.79 Å². The number of rotatable bonds is 4. The summed E-state index contributed by atoms with van der Waals surface area (Å²) in [4.78, 5) is 23.2. The molecule has 1 aromatic carbocycles. The van der Waals surface area contributed by atoms with E-state index in [2.05, 4.69) is 15.0 Å². The zero-order valence-corrected chi connectivity index (χ0v) is 16.1. The van der Waals surface area contributed by atoms with Crippen LogP contribution in [0.3, 0.4) is 0 Å². The van der Waals surface area contributed by atoms with Gasteiger partial charge in [0.05, 0.1) is 16.6 Å². The van der Waals surface area contributed by atoms with Crippen molar-refractivity contribution in [1.29, 1.82) is 0 Å². The van der Waals surface area contributed by atoms with Gasteiger partial charge >= 0.3 is 5.97 Å². The second-order valence-electron chi connectivity index (χ2n) is 7.23. The zero-order chi connectivity index (χ0) is 20.0. The number of carboxylic acid groups (broad SMARTS) is 1. The predicted molar refractivity (Wildman–Crippen MR) is 104 cm³/mol. The first-order valence-electron chi connectivity index (χ1n) is 9.42. The van der Waals surface area contributed by atoms with E-state index in [9.17, 15) is 4.79 Å². The van der Waals surface area contributed by atoms with Crippen molar-refractivity contribution in [3.05, 3.63) is 29.3 Å². The number of hydrogen-bond donors (Lipinski definition) is 2. The summed E-state index contributed by atoms with van der Waals surface area (Å²) in [5.41, 5.74) is 2.59. The molecule has 5 rings (SSSR count). The summed E-state index contributed by atoms with van der Waals surface area (Å²) in [5.74, 6) is 0.337. The molecular weight excluding hydrogens is 398 g/mol. The number of nitrogens with one attached hydrogen (secondary N) is 1. The van der Waals surface area contributed by atoms with Crippen LogP contribution in [0.25, 0.3) is 22.4 Å². The van der Waals surface area contributed by atoms with Gasteiger partial charge in [0.15, 0.2) is 17.1 Å². The van der Waals surface area contributed by atoms with Crippen LogP contribution >= 0.6 is 11.6 Å². The molecule has 2 aromatic heterocycles. The quantitative estimate of drug-likeness (QED) is 0.662. The molecule has 3 aromatic rings. The lowest BCUT2D eigenvalue weighted by atomic mass is 9.87. The van der Waals surface area contributed by atoms with Crippen molar-refractivity contribution < 1.29 is 24.1 Å². The molecule has 1 aliphatic carbocycles. The Balaban J connectivity index is 1.38. The Morgan fingerprint density at radius 1 is 1.14 bits per heavy atom. The number of carboxylic acids is 1. The van der Waals surface area contributed by atoms with Gasteiger partial charge in [-0.05, 0) is 49.9 Å². The Kier molecular flexibility index (Phi) is 4.43. The number of benzene rings is 1. The maximum absolute atomic E-state index is 11.1. The average Bonchev–Trinajstić information content (AvgIpc) is 3.33. The molecule has 0 spiro atoms. The first-order chi connectivity index (χ1) is 14.1. The third-order valence-corrected chi connectivity index (χ3v) is 5.64. The average molecular weight is 416 g/mol. The van der Waals surface area contributed by atoms with Gasteiger partial charge in [0, 0.05) is 5.56 Å². The number of nitrogens with zero attached hydrogens (tertiary/aromatic N) is 2. The van der Waals surface area contributed by atoms with Gasteiger partial charge in [0.25, 0.3) is 6.01 Å². The molecule has 9 heteroatoms. The van der Waals surface area contributed by atoms with Crippen LogP contribution in [0, 0.1) is 5.92 Å². The van der Waals surface area contributed by atoms with Gasteiger partial charge in [0.1, 0.15) is 11.6 Å². The van der Waals surface area contributed by atoms with Crippen LogP contribution in [0.4, 0.5) is 0 Å². The third kappa shape index (κ3) is 3.44. The van der Waals surface area contributed by atoms with Crippen molar-refractivity contribution >= 4 is 28.7 Å². The van der Waals surface area contributed by atoms with Crippen LogP contribution in [0.5, 0.6) is 17.5 Å². The van der Waals surface area contributed by atoms with E-state index in [0.717, 1.165) is 5.56 Å². The highest BCUT2D eigenvalue weighted by atomic mass is 35.5. The highest BCUT2D eigenvalue weighted by molar-refractivity contribution is 6.33. The molecule has 0 bridgehead atoms. The number of H-pyrrole nitrogens is 1. The van der Waals surface area contributed by atoms with E-state index in [0.29, 0.717) is 65.1 Å². The molecule has 150 valence electrons. The first kappa shape index (κ1) is 18.1. The number of hydrogen-bond acceptors (Lipinski definition) is 6. The SMILES string of the molecule is O=C(O)[C@H]1CC[C@H](Oc2nc3cc(Cl)c(-c4ccc5c(c4)OCO5)nc3[nH]2)CC1. The minimum absolute atomic E-state index is 0.0602. The van der Waals surface area contributed by atoms with E-state index in [-0.39, 0.29) is 18.8 Å². The number of ether oxygens (including phenoxy) is 3. The highest BCUT2D eigenvalue weighted by Gasteiger charge is 2.27. The summed E-state index contributed by atoms with van der Waals surface area (Å²) in [7, 11) is 0. The Hall–Kier alpha value is -3.00. The summed E-state index contributed by atoms with van der Waals surface area (Å²) in [6, 6.07) is 7.66. The van der Waals surface area contributed by atoms with E-state index in [1.807, 2.05) is 18.2 Å². The topological polar surface area (TPSA) is 107 Å². The van der Waals surface area contributed by atoms with Gasteiger partial charge in [-0.15, -0.1) is 0 Å². The molecule has 8 nitrogen and oxygen atoms in total. The largest absolute Gasteiger partial charge is 0.481 e. The van der Waals surface area contributed by atoms with Crippen molar-refractivity contribution in [1.82, 2.24) is 15.0 Å². The summed E-state index contributed by atoms with van der Waals surface area (Å²) in [6.45, 7) is 0.203. The van der Waals surface area contributed by atoms with Crippen LogP contribution in [0.1, 0.15) is 25.7 Å². The highest BCUT2D eigenvalue weighted by Crippen LogP contribution is 2.38. The van der Waals surface area contributed by atoms with E-state index in [1.165, 1.54) is 0 Å². The summed E-state index contributed by atoms with van der Waals surface area (Å²) < 4.78 is 16.7. The Labute approximate surface area is 170 Å². The van der Waals surface area contributed by atoms with Crippen molar-refractivity contribution in [2.24, 2.45) is 5.92 Å². The molecule has 1 saturated carbocycles. The molecule has 1 aliphatic heterocycles. The molecule has 0 radical (unpaired) electrons. The fourth-order valence-electron chi connectivity index (χ4n) is 3.78. The van der Waals surface area contributed by atoms with Crippen LogP contribution < -0.4 is 14.2 Å². The molecule has 29 heavy (non-hydrogen) atoms. The van der Waals surface area contributed by atoms with Crippen LogP contribution in [0.2, 0.25) is 5.02 Å². The fourth-order valence-corrected chi connectivity index (χ4v) is 4.04. The minimum Gasteiger partial charge on any atom is -0.481 e. The molecule has 2 N–H and O–H groups in total. The number of aromatic nitrogens is 3. The van der Waals surface area contributed by atoms with Gasteiger partial charge in [-0.1, -0.05) is 11.6 Å². The Morgan fingerprint density at radius 2 is 1.93 bits per heavy atom. The summed E-state index contributed by atoms with van der Waals surface area (Å²) in [5, 5.41) is 9.58. The van der Waals surface area contributed by atoms with Crippen molar-refractivity contribution in [2.45, 2.75) is 31.8 Å². The molecule has 0 amide bonds. The lowest BCUT2D eigenvalue weighted by Gasteiger charge is -2.25. The number of carbonyl (C=O) groups is 1. The zero-order valence-electron chi connectivity index (χ0n) is 15.4. The van der Waals surface area contributed by atoms with Crippen molar-refractivity contribution in [2.75, 3.05) is 6.79 Å². The van der Waals surface area contributed by atoms with E-state index >= 15 is 0 Å². The van der Waals surface area contributed by atoms with Crippen molar-refractivity contribution in [3.63, 3.8) is 0 Å². The summed E-state index contributed by atoms with van der Waals surface area (Å²) >= 11 is 6.45. The van der Waals surface area contributed by atoms with Crippen molar-refractivity contribution in [3.8, 4) is 28.8 Å². The third-order valence-electron chi connectivity index (χ3n) is 5.35. The normalized spacial score (nSPS) is 20.7. The smallest absolute Gasteiger partial charge is 0.306 e. The van der Waals surface area contributed by atoms with Crippen LogP contribution in [-0.4, -0.2) is 38.9 Å². The fraction of sp³-hybridized carbons (Fsp3) is 0.350. The van der Waals surface area contributed by atoms with Gasteiger partial charge in [-0.2, -0.15) is 4.98 Å². The molecule has 0 saturated heterocycles. The van der Waals surface area contributed by atoms with E-state index in [4.69, 9.17) is 30.9 Å². The second-order valence-corrected chi connectivity index (χ2v) is 7.63. The molecule has 0 atom stereocenters. The number of halogens is 1. The Bertz CT molecular complexity index is 1090. The first-order valence-corrected chi connectivity index (χ1v) is 9.80. The number of aliphatic carboxylic acids is 1. The standard InChI is InChI=1S/C20H18ClN3O5/c21-13-8-14-18(23-17(13)11-3-6-15-16(7-11)28-9-27-15)24-20(22-14)29-12-4-1-10(2-5-12)19(25)26/h3,6-8,10,12H,1-2,4-5,9H2,(H,25,26)(H,22,23,24)/t10-,12-. The van der Waals surface area contributed by atoms with Gasteiger partial charge < -0.3 is 19.3 Å². The molecule has 1 fully saturated rings. The number of aromatic amines is 1. The maximum atomic E-state index is 11.1. The number of imidazole rings is 1. The number of pyridine rings is 1. The lowest BCUT2D eigenvalue weighted by molar-refractivity contribution is -0.143. The molecular formula is C20H18ClN3O5. The minimum atomic E-state index is -0.734. The van der Waals surface area contributed by atoms with Gasteiger partial charge in [0.2, 0.25) is 6.79 Å². The Morgan fingerprint density at radius 3 is 2.72 bits per heavy atom. The summed E-state index contributed by atoms with van der Waals surface area (Å²) in [6.07, 6.45) is 2.53. The molecule has 0 unspecified atom stereocenters.